The molecule has 1 aliphatic rings. The van der Waals surface area contributed by atoms with Crippen LogP contribution in [-0.2, 0) is 10.0 Å². The second kappa shape index (κ2) is 9.41. The van der Waals surface area contributed by atoms with Crippen molar-refractivity contribution in [3.05, 3.63) is 0 Å². The Hall–Kier alpha value is -0.0900. The van der Waals surface area contributed by atoms with E-state index in [0.717, 1.165) is 12.5 Å². The normalized spacial score (nSPS) is 18.4. The maximum Gasteiger partial charge on any atom is 0.209 e. The Morgan fingerprint density at radius 3 is 2.22 bits per heavy atom. The third kappa shape index (κ3) is 8.53. The zero-order valence-corrected chi connectivity index (χ0v) is 18.2. The molecule has 0 heterocycles. The fourth-order valence-electron chi connectivity index (χ4n) is 3.11. The van der Waals surface area contributed by atoms with Crippen molar-refractivity contribution in [2.45, 2.75) is 58.4 Å². The van der Waals surface area contributed by atoms with Gasteiger partial charge >= 0.3 is 0 Å². The Kier molecular flexibility index (Phi) is 9.37. The number of sulfonamides is 1. The number of guanidine groups is 1. The van der Waals surface area contributed by atoms with E-state index in [1.807, 2.05) is 13.8 Å². The largest absolute Gasteiger partial charge is 0.356 e. The molecule has 0 saturated heterocycles. The topological polar surface area (TPSA) is 82.6 Å². The number of rotatable bonds is 7. The van der Waals surface area contributed by atoms with Gasteiger partial charge in [0.05, 0.1) is 6.26 Å². The summed E-state index contributed by atoms with van der Waals surface area (Å²) in [5, 5.41) is 6.61. The van der Waals surface area contributed by atoms with Crippen molar-refractivity contribution in [2.75, 3.05) is 26.4 Å². The summed E-state index contributed by atoms with van der Waals surface area (Å²) in [5.74, 6) is 0.725. The molecule has 0 radical (unpaired) electrons. The highest BCUT2D eigenvalue weighted by Gasteiger charge is 2.32. The minimum atomic E-state index is -3.23. The van der Waals surface area contributed by atoms with Gasteiger partial charge in [-0.05, 0) is 38.5 Å². The lowest BCUT2D eigenvalue weighted by Gasteiger charge is -2.30. The van der Waals surface area contributed by atoms with Gasteiger partial charge in [-0.2, -0.15) is 0 Å². The maximum absolute atomic E-state index is 11.4. The molecule has 1 aliphatic carbocycles. The average Bonchev–Trinajstić information content (AvgIpc) is 2.85. The van der Waals surface area contributed by atoms with E-state index in [0.29, 0.717) is 12.0 Å². The summed E-state index contributed by atoms with van der Waals surface area (Å²) < 4.78 is 25.3. The lowest BCUT2D eigenvalue weighted by Crippen LogP contribution is -2.53. The zero-order valence-electron chi connectivity index (χ0n) is 15.0. The van der Waals surface area contributed by atoms with E-state index >= 15 is 0 Å². The van der Waals surface area contributed by atoms with Crippen molar-refractivity contribution in [3.8, 4) is 0 Å². The number of nitrogens with zero attached hydrogens (tertiary/aromatic N) is 1. The Morgan fingerprint density at radius 1 is 1.22 bits per heavy atom. The van der Waals surface area contributed by atoms with E-state index in [-0.39, 0.29) is 24.0 Å². The van der Waals surface area contributed by atoms with Crippen LogP contribution in [0.25, 0.3) is 0 Å². The van der Waals surface area contributed by atoms with Gasteiger partial charge < -0.3 is 10.6 Å². The van der Waals surface area contributed by atoms with E-state index in [4.69, 9.17) is 0 Å². The number of aliphatic imine (C=N–C) groups is 1. The molecule has 1 rings (SSSR count). The van der Waals surface area contributed by atoms with Gasteiger partial charge in [0.1, 0.15) is 0 Å². The number of hydrogen-bond acceptors (Lipinski definition) is 3. The molecule has 0 spiro atoms. The van der Waals surface area contributed by atoms with Gasteiger partial charge in [-0.1, -0.05) is 19.8 Å². The summed E-state index contributed by atoms with van der Waals surface area (Å²) in [7, 11) is -1.49. The van der Waals surface area contributed by atoms with Crippen LogP contribution in [0.4, 0.5) is 0 Å². The van der Waals surface area contributed by atoms with Gasteiger partial charge in [0.2, 0.25) is 10.0 Å². The van der Waals surface area contributed by atoms with Gasteiger partial charge in [-0.15, -0.1) is 24.0 Å². The molecule has 0 aromatic heterocycles. The van der Waals surface area contributed by atoms with Crippen LogP contribution in [-0.4, -0.2) is 46.3 Å². The summed E-state index contributed by atoms with van der Waals surface area (Å²) in [5.41, 5.74) is -0.181. The van der Waals surface area contributed by atoms with E-state index in [9.17, 15) is 8.42 Å². The Labute approximate surface area is 158 Å². The summed E-state index contributed by atoms with van der Waals surface area (Å²) in [6.07, 6.45) is 7.52. The lowest BCUT2D eigenvalue weighted by molar-refractivity contribution is 0.283. The highest BCUT2D eigenvalue weighted by Crippen LogP contribution is 2.40. The van der Waals surface area contributed by atoms with Gasteiger partial charge in [0.15, 0.2) is 5.96 Å². The fraction of sp³-hybridized carbons (Fsp3) is 0.933. The van der Waals surface area contributed by atoms with Crippen molar-refractivity contribution >= 4 is 40.0 Å². The number of halogens is 1. The van der Waals surface area contributed by atoms with Crippen LogP contribution in [0.15, 0.2) is 4.99 Å². The SMILES string of the molecule is CCC1(CNC(=NC)NCC(C)(C)NS(C)(=O)=O)CCCC1.I. The summed E-state index contributed by atoms with van der Waals surface area (Å²) in [4.78, 5) is 4.23. The molecule has 1 saturated carbocycles. The second-order valence-electron chi connectivity index (χ2n) is 7.10. The van der Waals surface area contributed by atoms with Crippen LogP contribution in [0.3, 0.4) is 0 Å². The fourth-order valence-corrected chi connectivity index (χ4v) is 4.19. The first-order valence-corrected chi connectivity index (χ1v) is 9.94. The van der Waals surface area contributed by atoms with E-state index < -0.39 is 15.6 Å². The third-order valence-corrected chi connectivity index (χ3v) is 5.35. The minimum absolute atomic E-state index is 0. The van der Waals surface area contributed by atoms with Crippen LogP contribution < -0.4 is 15.4 Å². The number of nitrogens with one attached hydrogen (secondary N) is 3. The van der Waals surface area contributed by atoms with Gasteiger partial charge in [0, 0.05) is 25.7 Å². The van der Waals surface area contributed by atoms with Crippen LogP contribution in [0.5, 0.6) is 0 Å². The molecule has 3 N–H and O–H groups in total. The van der Waals surface area contributed by atoms with Crippen molar-refractivity contribution in [1.82, 2.24) is 15.4 Å². The molecule has 138 valence electrons. The van der Waals surface area contributed by atoms with E-state index in [1.54, 1.807) is 7.05 Å². The van der Waals surface area contributed by atoms with Crippen molar-refractivity contribution in [3.63, 3.8) is 0 Å². The number of hydrogen-bond donors (Lipinski definition) is 3. The smallest absolute Gasteiger partial charge is 0.209 e. The van der Waals surface area contributed by atoms with Crippen LogP contribution in [0.2, 0.25) is 0 Å². The van der Waals surface area contributed by atoms with Gasteiger partial charge in [-0.25, -0.2) is 13.1 Å². The standard InChI is InChI=1S/C15H32N4O2S.HI/c1-6-15(9-7-8-10-15)12-18-13(16-4)17-11-14(2,3)19-22(5,20)21;/h19H,6-12H2,1-5H3,(H2,16,17,18);1H. The molecule has 0 bridgehead atoms. The van der Waals surface area contributed by atoms with E-state index in [2.05, 4.69) is 27.3 Å². The maximum atomic E-state index is 11.4. The predicted molar refractivity (Wildman–Crippen MR) is 108 cm³/mol. The minimum Gasteiger partial charge on any atom is -0.356 e. The van der Waals surface area contributed by atoms with Gasteiger partial charge in [0.25, 0.3) is 0 Å². The van der Waals surface area contributed by atoms with E-state index in [1.165, 1.54) is 38.4 Å². The zero-order chi connectivity index (χ0) is 16.9. The molecule has 23 heavy (non-hydrogen) atoms. The Morgan fingerprint density at radius 2 is 1.78 bits per heavy atom. The molecule has 6 nitrogen and oxygen atoms in total. The molecule has 0 aromatic carbocycles. The quantitative estimate of drug-likeness (QED) is 0.309. The van der Waals surface area contributed by atoms with Crippen LogP contribution in [0, 0.1) is 5.41 Å². The molecule has 0 aliphatic heterocycles. The average molecular weight is 460 g/mol. The second-order valence-corrected chi connectivity index (χ2v) is 8.85. The molecular formula is C15H33IN4O2S. The van der Waals surface area contributed by atoms with Crippen molar-refractivity contribution < 1.29 is 8.42 Å². The van der Waals surface area contributed by atoms with Gasteiger partial charge in [-0.3, -0.25) is 4.99 Å². The summed E-state index contributed by atoms with van der Waals surface area (Å²) >= 11 is 0. The molecule has 0 atom stereocenters. The molecule has 8 heteroatoms. The van der Waals surface area contributed by atoms with Crippen LogP contribution in [0.1, 0.15) is 52.9 Å². The molecule has 0 unspecified atom stereocenters. The monoisotopic (exact) mass is 460 g/mol. The van der Waals surface area contributed by atoms with Crippen molar-refractivity contribution in [2.24, 2.45) is 10.4 Å². The first-order chi connectivity index (χ1) is 10.1. The summed E-state index contributed by atoms with van der Waals surface area (Å²) in [6, 6.07) is 0. The molecular weight excluding hydrogens is 427 g/mol. The third-order valence-electron chi connectivity index (χ3n) is 4.43. The van der Waals surface area contributed by atoms with Crippen molar-refractivity contribution in [1.29, 1.82) is 0 Å². The lowest BCUT2D eigenvalue weighted by atomic mass is 9.83. The molecule has 0 amide bonds. The Balaban J connectivity index is 0.00000484. The molecule has 0 aromatic rings. The van der Waals surface area contributed by atoms with Crippen LogP contribution >= 0.6 is 24.0 Å². The molecule has 1 fully saturated rings. The first kappa shape index (κ1) is 22.9. The highest BCUT2D eigenvalue weighted by molar-refractivity contribution is 14.0. The summed E-state index contributed by atoms with van der Waals surface area (Å²) in [6.45, 7) is 7.34. The highest BCUT2D eigenvalue weighted by atomic mass is 127. The Bertz CT molecular complexity index is 486. The predicted octanol–water partition coefficient (Wildman–Crippen LogP) is 2.07. The first-order valence-electron chi connectivity index (χ1n) is 8.05.